The topological polar surface area (TPSA) is 24.5 Å². The zero-order chi connectivity index (χ0) is 13.2. The number of hydrogen-bond donors (Lipinski definition) is 1. The van der Waals surface area contributed by atoms with Crippen LogP contribution in [0.2, 0.25) is 0 Å². The molecule has 1 unspecified atom stereocenters. The Kier molecular flexibility index (Phi) is 4.43. The molecule has 1 aromatic heterocycles. The second-order valence-electron chi connectivity index (χ2n) is 5.41. The van der Waals surface area contributed by atoms with Gasteiger partial charge in [0, 0.05) is 23.5 Å². The maximum atomic E-state index is 5.46. The summed E-state index contributed by atoms with van der Waals surface area (Å²) in [4.78, 5) is 3.95. The first kappa shape index (κ1) is 14.0. The number of hydrogen-bond acceptors (Lipinski definition) is 4. The SMILES string of the molecule is CNC(c1ccsc1C)C(C)(C)N1CCOCC1. The van der Waals surface area contributed by atoms with E-state index in [1.807, 2.05) is 11.3 Å². The largest absolute Gasteiger partial charge is 0.379 e. The van der Waals surface area contributed by atoms with Gasteiger partial charge in [-0.25, -0.2) is 0 Å². The Hall–Kier alpha value is -0.420. The highest BCUT2D eigenvalue weighted by Crippen LogP contribution is 2.34. The molecule has 0 amide bonds. The molecule has 102 valence electrons. The molecular weight excluding hydrogens is 244 g/mol. The lowest BCUT2D eigenvalue weighted by atomic mass is 9.87. The van der Waals surface area contributed by atoms with E-state index in [-0.39, 0.29) is 5.54 Å². The summed E-state index contributed by atoms with van der Waals surface area (Å²) >= 11 is 1.83. The minimum Gasteiger partial charge on any atom is -0.379 e. The molecule has 0 saturated carbocycles. The predicted octanol–water partition coefficient (Wildman–Crippen LogP) is 2.43. The van der Waals surface area contributed by atoms with Crippen LogP contribution < -0.4 is 5.32 Å². The lowest BCUT2D eigenvalue weighted by molar-refractivity contribution is -0.0229. The molecule has 1 aromatic rings. The third kappa shape index (κ3) is 2.62. The van der Waals surface area contributed by atoms with Crippen LogP contribution in [0, 0.1) is 6.92 Å². The molecular formula is C14H24N2OS. The molecule has 1 atom stereocenters. The lowest BCUT2D eigenvalue weighted by Crippen LogP contribution is -2.55. The molecule has 1 aliphatic heterocycles. The Morgan fingerprint density at radius 1 is 1.39 bits per heavy atom. The molecule has 3 nitrogen and oxygen atoms in total. The van der Waals surface area contributed by atoms with Gasteiger partial charge < -0.3 is 10.1 Å². The number of nitrogens with one attached hydrogen (secondary N) is 1. The highest BCUT2D eigenvalue weighted by atomic mass is 32.1. The van der Waals surface area contributed by atoms with Crippen molar-refractivity contribution in [1.29, 1.82) is 0 Å². The first-order chi connectivity index (χ1) is 8.57. The van der Waals surface area contributed by atoms with Crippen molar-refractivity contribution in [2.24, 2.45) is 0 Å². The fourth-order valence-corrected chi connectivity index (χ4v) is 3.65. The van der Waals surface area contributed by atoms with Crippen LogP contribution in [0.4, 0.5) is 0 Å². The van der Waals surface area contributed by atoms with Gasteiger partial charge in [-0.3, -0.25) is 4.90 Å². The summed E-state index contributed by atoms with van der Waals surface area (Å²) in [5.74, 6) is 0. The van der Waals surface area contributed by atoms with Crippen LogP contribution in [-0.4, -0.2) is 43.8 Å². The van der Waals surface area contributed by atoms with Crippen molar-refractivity contribution in [2.45, 2.75) is 32.4 Å². The van der Waals surface area contributed by atoms with Crippen LogP contribution in [-0.2, 0) is 4.74 Å². The minimum absolute atomic E-state index is 0.102. The van der Waals surface area contributed by atoms with Crippen LogP contribution in [0.1, 0.15) is 30.3 Å². The van der Waals surface area contributed by atoms with E-state index in [4.69, 9.17) is 4.74 Å². The number of morpholine rings is 1. The summed E-state index contributed by atoms with van der Waals surface area (Å²) in [6.45, 7) is 10.6. The third-order valence-corrected chi connectivity index (χ3v) is 4.89. The maximum absolute atomic E-state index is 5.46. The Morgan fingerprint density at radius 2 is 2.06 bits per heavy atom. The van der Waals surface area contributed by atoms with Gasteiger partial charge in [0.2, 0.25) is 0 Å². The summed E-state index contributed by atoms with van der Waals surface area (Å²) in [5, 5.41) is 5.69. The molecule has 2 heterocycles. The molecule has 1 fully saturated rings. The van der Waals surface area contributed by atoms with Crippen LogP contribution in [0.25, 0.3) is 0 Å². The normalized spacial score (nSPS) is 20.0. The van der Waals surface area contributed by atoms with Gasteiger partial charge in [0.25, 0.3) is 0 Å². The van der Waals surface area contributed by atoms with Crippen molar-refractivity contribution in [2.75, 3.05) is 33.4 Å². The van der Waals surface area contributed by atoms with Crippen LogP contribution in [0.15, 0.2) is 11.4 Å². The molecule has 0 bridgehead atoms. The maximum Gasteiger partial charge on any atom is 0.0594 e. The standard InChI is InChI=1S/C14H24N2OS/c1-11-12(5-10-18-11)13(15-4)14(2,3)16-6-8-17-9-7-16/h5,10,13,15H,6-9H2,1-4H3. The summed E-state index contributed by atoms with van der Waals surface area (Å²) in [6, 6.07) is 2.62. The van der Waals surface area contributed by atoms with E-state index in [0.29, 0.717) is 6.04 Å². The Labute approximate surface area is 114 Å². The van der Waals surface area contributed by atoms with Gasteiger partial charge in [0.1, 0.15) is 0 Å². The average Bonchev–Trinajstić information content (AvgIpc) is 2.78. The van der Waals surface area contributed by atoms with Gasteiger partial charge in [-0.05, 0) is 44.8 Å². The zero-order valence-electron chi connectivity index (χ0n) is 11.8. The lowest BCUT2D eigenvalue weighted by Gasteiger charge is -2.45. The monoisotopic (exact) mass is 268 g/mol. The smallest absolute Gasteiger partial charge is 0.0594 e. The van der Waals surface area contributed by atoms with E-state index < -0.39 is 0 Å². The highest BCUT2D eigenvalue weighted by molar-refractivity contribution is 7.10. The Bertz CT molecular complexity index is 383. The van der Waals surface area contributed by atoms with E-state index in [1.54, 1.807) is 0 Å². The van der Waals surface area contributed by atoms with Gasteiger partial charge in [-0.1, -0.05) is 0 Å². The van der Waals surface area contributed by atoms with Gasteiger partial charge in [0.15, 0.2) is 0 Å². The van der Waals surface area contributed by atoms with Crippen molar-refractivity contribution in [1.82, 2.24) is 10.2 Å². The molecule has 1 N–H and O–H groups in total. The predicted molar refractivity (Wildman–Crippen MR) is 77.3 cm³/mol. The fraction of sp³-hybridized carbons (Fsp3) is 0.714. The number of thiophene rings is 1. The third-order valence-electron chi connectivity index (χ3n) is 4.03. The molecule has 1 saturated heterocycles. The van der Waals surface area contributed by atoms with Crippen molar-refractivity contribution >= 4 is 11.3 Å². The first-order valence-electron chi connectivity index (χ1n) is 6.61. The van der Waals surface area contributed by atoms with Gasteiger partial charge in [-0.2, -0.15) is 0 Å². The average molecular weight is 268 g/mol. The van der Waals surface area contributed by atoms with Crippen molar-refractivity contribution in [3.05, 3.63) is 21.9 Å². The number of likely N-dealkylation sites (N-methyl/N-ethyl adjacent to an activating group) is 1. The summed E-state index contributed by atoms with van der Waals surface area (Å²) < 4.78 is 5.46. The molecule has 0 radical (unpaired) electrons. The molecule has 2 rings (SSSR count). The minimum atomic E-state index is 0.102. The number of aryl methyl sites for hydroxylation is 1. The molecule has 0 aromatic carbocycles. The summed E-state index contributed by atoms with van der Waals surface area (Å²) in [7, 11) is 2.06. The van der Waals surface area contributed by atoms with E-state index in [0.717, 1.165) is 26.3 Å². The highest BCUT2D eigenvalue weighted by Gasteiger charge is 2.37. The Balaban J connectivity index is 2.22. The zero-order valence-corrected chi connectivity index (χ0v) is 12.6. The second kappa shape index (κ2) is 5.70. The van der Waals surface area contributed by atoms with Crippen LogP contribution in [0.3, 0.4) is 0 Å². The van der Waals surface area contributed by atoms with Crippen LogP contribution in [0.5, 0.6) is 0 Å². The molecule has 4 heteroatoms. The van der Waals surface area contributed by atoms with Crippen molar-refractivity contribution < 1.29 is 4.74 Å². The van der Waals surface area contributed by atoms with Crippen molar-refractivity contribution in [3.63, 3.8) is 0 Å². The summed E-state index contributed by atoms with van der Waals surface area (Å²) in [6.07, 6.45) is 0. The van der Waals surface area contributed by atoms with E-state index in [2.05, 4.69) is 49.5 Å². The number of rotatable bonds is 4. The molecule has 0 aliphatic carbocycles. The number of nitrogens with zero attached hydrogens (tertiary/aromatic N) is 1. The van der Waals surface area contributed by atoms with Gasteiger partial charge in [0.05, 0.1) is 19.3 Å². The Morgan fingerprint density at radius 3 is 2.56 bits per heavy atom. The number of ether oxygens (including phenoxy) is 1. The van der Waals surface area contributed by atoms with E-state index in [9.17, 15) is 0 Å². The second-order valence-corrected chi connectivity index (χ2v) is 6.53. The first-order valence-corrected chi connectivity index (χ1v) is 7.49. The van der Waals surface area contributed by atoms with Gasteiger partial charge in [-0.15, -0.1) is 11.3 Å². The van der Waals surface area contributed by atoms with E-state index in [1.165, 1.54) is 10.4 Å². The quantitative estimate of drug-likeness (QED) is 0.907. The molecule has 18 heavy (non-hydrogen) atoms. The summed E-state index contributed by atoms with van der Waals surface area (Å²) in [5.41, 5.74) is 1.53. The van der Waals surface area contributed by atoms with Crippen LogP contribution >= 0.6 is 11.3 Å². The van der Waals surface area contributed by atoms with E-state index >= 15 is 0 Å². The fourth-order valence-electron chi connectivity index (χ4n) is 2.91. The molecule has 1 aliphatic rings. The van der Waals surface area contributed by atoms with Gasteiger partial charge >= 0.3 is 0 Å². The molecule has 0 spiro atoms. The van der Waals surface area contributed by atoms with Crippen molar-refractivity contribution in [3.8, 4) is 0 Å².